The van der Waals surface area contributed by atoms with E-state index in [0.29, 0.717) is 6.42 Å². The molecule has 1 N–H and O–H groups in total. The molecule has 2 aromatic rings. The van der Waals surface area contributed by atoms with Crippen LogP contribution in [-0.2, 0) is 21.1 Å². The highest BCUT2D eigenvalue weighted by Gasteiger charge is 2.42. The monoisotopic (exact) mass is 498 g/mol. The van der Waals surface area contributed by atoms with E-state index in [0.717, 1.165) is 42.6 Å². The number of hydrogen-bond acceptors (Lipinski definition) is 7. The normalized spacial score (nSPS) is 23.5. The number of piperazine rings is 1. The number of amides is 1. The highest BCUT2D eigenvalue weighted by molar-refractivity contribution is 8.15. The Morgan fingerprint density at radius 1 is 1.06 bits per heavy atom. The van der Waals surface area contributed by atoms with E-state index in [1.54, 1.807) is 0 Å². The SMILES string of the molecule is Cc1cccc(N2CCN(C(=O)Cc3ccc(NC4=N[C@H]5CS(=O)(=O)C[C@H]5S4)cc3)CC2)c1C. The molecular weight excluding hydrogens is 468 g/mol. The third-order valence-corrected chi connectivity index (χ3v) is 10.1. The van der Waals surface area contributed by atoms with Gasteiger partial charge in [-0.1, -0.05) is 36.0 Å². The zero-order valence-corrected chi connectivity index (χ0v) is 21.2. The molecule has 0 aromatic heterocycles. The number of rotatable bonds is 4. The van der Waals surface area contributed by atoms with Crippen LogP contribution in [0.3, 0.4) is 0 Å². The van der Waals surface area contributed by atoms with Crippen molar-refractivity contribution in [3.63, 3.8) is 0 Å². The second kappa shape index (κ2) is 9.26. The molecule has 180 valence electrons. The van der Waals surface area contributed by atoms with Gasteiger partial charge < -0.3 is 15.1 Å². The van der Waals surface area contributed by atoms with Crippen LogP contribution in [0.2, 0.25) is 0 Å². The predicted molar refractivity (Wildman–Crippen MR) is 140 cm³/mol. The molecule has 9 heteroatoms. The van der Waals surface area contributed by atoms with Crippen molar-refractivity contribution in [2.24, 2.45) is 4.99 Å². The number of aryl methyl sites for hydroxylation is 1. The molecule has 2 saturated heterocycles. The average molecular weight is 499 g/mol. The number of sulfone groups is 1. The van der Waals surface area contributed by atoms with Crippen molar-refractivity contribution in [2.45, 2.75) is 31.6 Å². The third kappa shape index (κ3) is 4.95. The van der Waals surface area contributed by atoms with Crippen LogP contribution in [0.1, 0.15) is 16.7 Å². The highest BCUT2D eigenvalue weighted by atomic mass is 32.2. The Morgan fingerprint density at radius 2 is 1.79 bits per heavy atom. The first-order chi connectivity index (χ1) is 16.3. The molecule has 0 bridgehead atoms. The molecule has 2 fully saturated rings. The zero-order chi connectivity index (χ0) is 23.9. The van der Waals surface area contributed by atoms with Gasteiger partial charge in [0.15, 0.2) is 15.0 Å². The number of benzene rings is 2. The summed E-state index contributed by atoms with van der Waals surface area (Å²) >= 11 is 1.51. The molecule has 0 aliphatic carbocycles. The first-order valence-electron chi connectivity index (χ1n) is 11.7. The van der Waals surface area contributed by atoms with Crippen LogP contribution < -0.4 is 10.2 Å². The number of carbonyl (C=O) groups is 1. The molecule has 0 saturated carbocycles. The molecule has 7 nitrogen and oxygen atoms in total. The summed E-state index contributed by atoms with van der Waals surface area (Å²) in [7, 11) is -2.94. The molecule has 2 atom stereocenters. The summed E-state index contributed by atoms with van der Waals surface area (Å²) in [6.07, 6.45) is 0.390. The van der Waals surface area contributed by atoms with Crippen molar-refractivity contribution in [2.75, 3.05) is 47.9 Å². The summed E-state index contributed by atoms with van der Waals surface area (Å²) in [5.41, 5.74) is 5.75. The zero-order valence-electron chi connectivity index (χ0n) is 19.5. The molecular formula is C25H30N4O3S2. The number of amidine groups is 1. The van der Waals surface area contributed by atoms with Crippen LogP contribution in [-0.4, -0.2) is 73.4 Å². The lowest BCUT2D eigenvalue weighted by Crippen LogP contribution is -2.49. The number of aliphatic imine (C=N–C) groups is 1. The second-order valence-electron chi connectivity index (χ2n) is 9.32. The van der Waals surface area contributed by atoms with Gasteiger partial charge in [-0.25, -0.2) is 8.42 Å². The number of carbonyl (C=O) groups excluding carboxylic acids is 1. The largest absolute Gasteiger partial charge is 0.368 e. The quantitative estimate of drug-likeness (QED) is 0.698. The van der Waals surface area contributed by atoms with Crippen LogP contribution in [0.4, 0.5) is 11.4 Å². The number of fused-ring (bicyclic) bond motifs is 1. The average Bonchev–Trinajstić information content (AvgIpc) is 3.29. The number of hydrogen-bond donors (Lipinski definition) is 1. The van der Waals surface area contributed by atoms with E-state index in [4.69, 9.17) is 0 Å². The van der Waals surface area contributed by atoms with Gasteiger partial charge in [-0.3, -0.25) is 9.79 Å². The lowest BCUT2D eigenvalue weighted by atomic mass is 10.1. The maximum absolute atomic E-state index is 12.9. The lowest BCUT2D eigenvalue weighted by Gasteiger charge is -2.37. The van der Waals surface area contributed by atoms with E-state index in [1.807, 2.05) is 29.2 Å². The smallest absolute Gasteiger partial charge is 0.227 e. The Balaban J connectivity index is 1.12. The summed E-state index contributed by atoms with van der Waals surface area (Å²) < 4.78 is 23.4. The van der Waals surface area contributed by atoms with E-state index in [9.17, 15) is 13.2 Å². The minimum Gasteiger partial charge on any atom is -0.368 e. The van der Waals surface area contributed by atoms with E-state index in [-0.39, 0.29) is 28.7 Å². The van der Waals surface area contributed by atoms with Gasteiger partial charge in [0.05, 0.1) is 24.0 Å². The predicted octanol–water partition coefficient (Wildman–Crippen LogP) is 2.88. The van der Waals surface area contributed by atoms with E-state index in [2.05, 4.69) is 47.3 Å². The molecule has 3 aliphatic rings. The Morgan fingerprint density at radius 3 is 2.50 bits per heavy atom. The van der Waals surface area contributed by atoms with Crippen LogP contribution in [0.25, 0.3) is 0 Å². The second-order valence-corrected chi connectivity index (χ2v) is 12.7. The van der Waals surface area contributed by atoms with E-state index >= 15 is 0 Å². The van der Waals surface area contributed by atoms with Crippen LogP contribution in [0, 0.1) is 13.8 Å². The van der Waals surface area contributed by atoms with Crippen molar-refractivity contribution in [3.05, 3.63) is 59.2 Å². The van der Waals surface area contributed by atoms with Crippen molar-refractivity contribution in [1.29, 1.82) is 0 Å². The lowest BCUT2D eigenvalue weighted by molar-refractivity contribution is -0.130. The van der Waals surface area contributed by atoms with Crippen molar-refractivity contribution in [1.82, 2.24) is 4.90 Å². The molecule has 2 aromatic carbocycles. The molecule has 0 spiro atoms. The summed E-state index contributed by atoms with van der Waals surface area (Å²) in [5.74, 6) is 0.512. The van der Waals surface area contributed by atoms with E-state index < -0.39 is 9.84 Å². The van der Waals surface area contributed by atoms with Crippen molar-refractivity contribution < 1.29 is 13.2 Å². The van der Waals surface area contributed by atoms with Gasteiger partial charge in [-0.05, 0) is 48.7 Å². The summed E-state index contributed by atoms with van der Waals surface area (Å²) in [4.78, 5) is 21.8. The standard InChI is InChI=1S/C25H30N4O3S2/c1-17-4-3-5-22(18(17)2)28-10-12-29(13-11-28)24(30)14-19-6-8-20(9-7-19)26-25-27-21-15-34(31,32)16-23(21)33-25/h3-9,21,23H,10-16H2,1-2H3,(H,26,27)/t21-,23+/m0/s1. The Hall–Kier alpha value is -2.52. The Labute approximate surface area is 205 Å². The van der Waals surface area contributed by atoms with Crippen LogP contribution in [0.15, 0.2) is 47.5 Å². The van der Waals surface area contributed by atoms with Crippen molar-refractivity contribution in [3.8, 4) is 0 Å². The molecule has 0 unspecified atom stereocenters. The van der Waals surface area contributed by atoms with Gasteiger partial charge in [0.25, 0.3) is 0 Å². The van der Waals surface area contributed by atoms with Crippen LogP contribution in [0.5, 0.6) is 0 Å². The molecule has 5 rings (SSSR count). The first-order valence-corrected chi connectivity index (χ1v) is 14.4. The summed E-state index contributed by atoms with van der Waals surface area (Å²) in [5, 5.41) is 4.09. The molecule has 3 aliphatic heterocycles. The third-order valence-electron chi connectivity index (χ3n) is 6.93. The molecule has 0 radical (unpaired) electrons. The maximum Gasteiger partial charge on any atom is 0.227 e. The summed E-state index contributed by atoms with van der Waals surface area (Å²) in [6.45, 7) is 7.47. The number of nitrogens with zero attached hydrogens (tertiary/aromatic N) is 3. The fourth-order valence-corrected chi connectivity index (χ4v) is 8.48. The minimum absolute atomic E-state index is 0.0275. The van der Waals surface area contributed by atoms with Gasteiger partial charge in [0.1, 0.15) is 0 Å². The molecule has 34 heavy (non-hydrogen) atoms. The minimum atomic E-state index is -2.94. The van der Waals surface area contributed by atoms with Gasteiger partial charge in [0.2, 0.25) is 5.91 Å². The van der Waals surface area contributed by atoms with Crippen LogP contribution >= 0.6 is 11.8 Å². The Kier molecular flexibility index (Phi) is 6.33. The fraction of sp³-hybridized carbons (Fsp3) is 0.440. The number of nitrogens with one attached hydrogen (secondary N) is 1. The van der Waals surface area contributed by atoms with E-state index in [1.165, 1.54) is 28.6 Å². The van der Waals surface area contributed by atoms with Gasteiger partial charge >= 0.3 is 0 Å². The van der Waals surface area contributed by atoms with Gasteiger partial charge in [-0.2, -0.15) is 0 Å². The first kappa shape index (κ1) is 23.2. The highest BCUT2D eigenvalue weighted by Crippen LogP contribution is 2.34. The summed E-state index contributed by atoms with van der Waals surface area (Å²) in [6, 6.07) is 14.1. The number of thioether (sulfide) groups is 1. The van der Waals surface area contributed by atoms with Gasteiger partial charge in [0, 0.05) is 42.8 Å². The molecule has 1 amide bonds. The maximum atomic E-state index is 12.9. The Bertz CT molecular complexity index is 1220. The molecule has 3 heterocycles. The number of anilines is 2. The van der Waals surface area contributed by atoms with Crippen molar-refractivity contribution >= 4 is 44.0 Å². The fourth-order valence-electron chi connectivity index (χ4n) is 4.81. The van der Waals surface area contributed by atoms with Gasteiger partial charge in [-0.15, -0.1) is 0 Å². The topological polar surface area (TPSA) is 82.1 Å².